The van der Waals surface area contributed by atoms with Crippen molar-refractivity contribution < 1.29 is 89.4 Å². The molecule has 3 fully saturated rings. The molecule has 89 heavy (non-hydrogen) atoms. The number of carbonyl (C=O) groups is 1. The molecule has 1 amide bonds. The van der Waals surface area contributed by atoms with Gasteiger partial charge >= 0.3 is 0 Å². The maximum Gasteiger partial charge on any atom is 0.220 e. The fraction of sp³-hybridized carbons (Fsp3) is 0.643. The summed E-state index contributed by atoms with van der Waals surface area (Å²) >= 11 is 0. The first-order valence-corrected chi connectivity index (χ1v) is 32.6. The number of hydrogen-bond donors (Lipinski definition) is 12. The monoisotopic (exact) mass is 1250 g/mol. The van der Waals surface area contributed by atoms with Gasteiger partial charge in [0, 0.05) is 6.42 Å². The molecule has 0 bridgehead atoms. The van der Waals surface area contributed by atoms with Gasteiger partial charge in [-0.1, -0.05) is 185 Å². The van der Waals surface area contributed by atoms with Gasteiger partial charge in [-0.05, 0) is 109 Å². The summed E-state index contributed by atoms with van der Waals surface area (Å²) in [5.74, 6) is -0.319. The van der Waals surface area contributed by atoms with Crippen LogP contribution in [0.3, 0.4) is 0 Å². The molecule has 504 valence electrons. The van der Waals surface area contributed by atoms with Crippen LogP contribution in [-0.4, -0.2) is 193 Å². The van der Waals surface area contributed by atoms with Gasteiger partial charge in [0.2, 0.25) is 5.91 Å². The van der Waals surface area contributed by atoms with Gasteiger partial charge in [0.05, 0.1) is 38.6 Å². The van der Waals surface area contributed by atoms with Crippen molar-refractivity contribution in [2.75, 3.05) is 26.4 Å². The fourth-order valence-electron chi connectivity index (χ4n) is 9.81. The SMILES string of the molecule is CC/C=C\C/C=C\C/C=C\C/C=C\C/C=C\C/C=C\C/C=C\C/C=C\C/C=C\CCCCCCCC(=O)NC(COC1OC(CO)C(OC2OC(CO)C(OC3OC(CO)C(O)C(O)C3O)C(O)C2O)C(O)C1O)C(O)/C=C/CC/C=C/CC/C=C/CCC. The maximum atomic E-state index is 13.3. The fourth-order valence-corrected chi connectivity index (χ4v) is 9.81. The minimum absolute atomic E-state index is 0.198. The van der Waals surface area contributed by atoms with Crippen molar-refractivity contribution in [1.82, 2.24) is 5.32 Å². The quantitative estimate of drug-likeness (QED) is 0.0206. The highest BCUT2D eigenvalue weighted by Crippen LogP contribution is 2.33. The highest BCUT2D eigenvalue weighted by atomic mass is 16.8. The molecule has 0 saturated carbocycles. The van der Waals surface area contributed by atoms with Crippen molar-refractivity contribution in [3.8, 4) is 0 Å². The Hall–Kier alpha value is -4.33. The van der Waals surface area contributed by atoms with Crippen molar-refractivity contribution in [3.63, 3.8) is 0 Å². The summed E-state index contributed by atoms with van der Waals surface area (Å²) in [6, 6.07) is -1.02. The number of unbranched alkanes of at least 4 members (excludes halogenated alkanes) is 8. The maximum absolute atomic E-state index is 13.3. The zero-order valence-corrected chi connectivity index (χ0v) is 52.8. The Morgan fingerprint density at radius 3 is 1.25 bits per heavy atom. The van der Waals surface area contributed by atoms with Crippen LogP contribution >= 0.6 is 0 Å². The smallest absolute Gasteiger partial charge is 0.220 e. The van der Waals surface area contributed by atoms with Crippen molar-refractivity contribution >= 4 is 5.91 Å². The summed E-state index contributed by atoms with van der Waals surface area (Å²) < 4.78 is 34.2. The molecule has 0 aromatic rings. The minimum atomic E-state index is -1.99. The van der Waals surface area contributed by atoms with E-state index in [0.29, 0.717) is 12.8 Å². The summed E-state index contributed by atoms with van der Waals surface area (Å²) in [4.78, 5) is 13.3. The molecule has 0 radical (unpaired) electrons. The number of rotatable bonds is 46. The molecule has 0 aromatic carbocycles. The Kier molecular flexibility index (Phi) is 44.6. The molecular formula is C70H111NO18. The number of nitrogens with one attached hydrogen (secondary N) is 1. The highest BCUT2D eigenvalue weighted by molar-refractivity contribution is 5.76. The number of amides is 1. The Bertz CT molecular complexity index is 2180. The Morgan fingerprint density at radius 1 is 0.416 bits per heavy atom. The zero-order valence-electron chi connectivity index (χ0n) is 52.8. The molecule has 3 heterocycles. The number of allylic oxidation sites excluding steroid dienone is 23. The van der Waals surface area contributed by atoms with Gasteiger partial charge < -0.3 is 89.9 Å². The lowest BCUT2D eigenvalue weighted by Crippen LogP contribution is -2.66. The van der Waals surface area contributed by atoms with Crippen LogP contribution in [-0.2, 0) is 33.2 Å². The van der Waals surface area contributed by atoms with Gasteiger partial charge in [0.25, 0.3) is 0 Å². The molecule has 0 aromatic heterocycles. The first-order valence-electron chi connectivity index (χ1n) is 32.6. The van der Waals surface area contributed by atoms with E-state index in [1.165, 1.54) is 0 Å². The van der Waals surface area contributed by atoms with Crippen LogP contribution in [0.2, 0.25) is 0 Å². The lowest BCUT2D eigenvalue weighted by Gasteiger charge is -2.48. The molecule has 19 nitrogen and oxygen atoms in total. The Morgan fingerprint density at radius 2 is 0.787 bits per heavy atom. The van der Waals surface area contributed by atoms with Crippen LogP contribution in [0.1, 0.15) is 155 Å². The molecule has 19 heteroatoms. The van der Waals surface area contributed by atoms with Crippen molar-refractivity contribution in [2.45, 2.75) is 259 Å². The van der Waals surface area contributed by atoms with E-state index >= 15 is 0 Å². The van der Waals surface area contributed by atoms with E-state index < -0.39 is 131 Å². The third-order valence-corrected chi connectivity index (χ3v) is 15.1. The molecule has 17 atom stereocenters. The summed E-state index contributed by atoms with van der Waals surface area (Å²) in [6.45, 7) is 1.44. The Labute approximate surface area is 530 Å². The van der Waals surface area contributed by atoms with Crippen LogP contribution in [0, 0.1) is 0 Å². The van der Waals surface area contributed by atoms with Gasteiger partial charge in [0.1, 0.15) is 73.2 Å². The van der Waals surface area contributed by atoms with Crippen LogP contribution < -0.4 is 5.32 Å². The summed E-state index contributed by atoms with van der Waals surface area (Å²) in [5.41, 5.74) is 0. The molecule has 3 aliphatic heterocycles. The largest absolute Gasteiger partial charge is 0.394 e. The van der Waals surface area contributed by atoms with Crippen molar-refractivity contribution in [1.29, 1.82) is 0 Å². The van der Waals surface area contributed by atoms with E-state index in [4.69, 9.17) is 28.4 Å². The van der Waals surface area contributed by atoms with Crippen LogP contribution in [0.15, 0.2) is 146 Å². The second kappa shape index (κ2) is 50.3. The van der Waals surface area contributed by atoms with Gasteiger partial charge in [-0.3, -0.25) is 4.79 Å². The molecule has 0 spiro atoms. The van der Waals surface area contributed by atoms with Gasteiger partial charge in [-0.25, -0.2) is 0 Å². The van der Waals surface area contributed by atoms with E-state index in [-0.39, 0.29) is 12.3 Å². The van der Waals surface area contributed by atoms with Crippen LogP contribution in [0.4, 0.5) is 0 Å². The molecule has 3 rings (SSSR count). The first kappa shape index (κ1) is 78.9. The Balaban J connectivity index is 1.41. The van der Waals surface area contributed by atoms with E-state index in [2.05, 4.69) is 153 Å². The standard InChI is InChI=1S/C70H111NO18/c1-3-5-7-9-11-13-15-16-17-18-19-20-21-22-23-24-25-26-27-28-29-30-31-32-33-34-35-36-38-40-42-44-46-48-58(76)71-53(54(75)47-45-43-41-39-37-14-12-10-8-6-4-2)52-84-68-64(82)61(79)66(56(50-73)86-68)89-70-65(83)62(80)67(57(51-74)87-70)88-69-63(81)60(78)59(77)55(49-72)85-69/h5,7-8,10-11,13,16-17,19-20,22-23,25-26,28-29,31-32,34-35,37,39,45,47,53-57,59-70,72-75,77-83H,3-4,6,9,12,14-15,18,21,24,27,30,33,36,38,40-44,46,48-52H2,1-2H3,(H,71,76)/b7-5-,10-8+,13-11-,17-16-,20-19-,23-22-,26-25-,29-28-,32-31-,35-34-,39-37+,47-45+. The van der Waals surface area contributed by atoms with Gasteiger partial charge in [0.15, 0.2) is 18.9 Å². The molecular weight excluding hydrogens is 1140 g/mol. The average molecular weight is 1250 g/mol. The summed E-state index contributed by atoms with van der Waals surface area (Å²) in [5, 5.41) is 120. The second-order valence-electron chi connectivity index (χ2n) is 22.5. The number of carbonyl (C=O) groups excluding carboxylic acids is 1. The lowest BCUT2D eigenvalue weighted by atomic mass is 9.96. The third kappa shape index (κ3) is 32.7. The van der Waals surface area contributed by atoms with E-state index in [9.17, 15) is 61.0 Å². The average Bonchev–Trinajstić information content (AvgIpc) is 1.33. The zero-order chi connectivity index (χ0) is 64.7. The van der Waals surface area contributed by atoms with E-state index in [1.807, 2.05) is 0 Å². The molecule has 0 aliphatic carbocycles. The van der Waals surface area contributed by atoms with Crippen LogP contribution in [0.25, 0.3) is 0 Å². The molecule has 3 aliphatic rings. The summed E-state index contributed by atoms with van der Waals surface area (Å²) in [7, 11) is 0. The first-order chi connectivity index (χ1) is 43.3. The second-order valence-corrected chi connectivity index (χ2v) is 22.5. The topological polar surface area (TPSA) is 307 Å². The van der Waals surface area contributed by atoms with E-state index in [0.717, 1.165) is 122 Å². The number of aliphatic hydroxyl groups is 11. The molecule has 17 unspecified atom stereocenters. The van der Waals surface area contributed by atoms with Gasteiger partial charge in [-0.15, -0.1) is 0 Å². The highest BCUT2D eigenvalue weighted by Gasteiger charge is 2.53. The number of aliphatic hydroxyl groups excluding tert-OH is 11. The predicted molar refractivity (Wildman–Crippen MR) is 346 cm³/mol. The molecule has 12 N–H and O–H groups in total. The normalized spacial score (nSPS) is 29.2. The number of hydrogen-bond acceptors (Lipinski definition) is 18. The van der Waals surface area contributed by atoms with Crippen molar-refractivity contribution in [3.05, 3.63) is 146 Å². The van der Waals surface area contributed by atoms with Crippen LogP contribution in [0.5, 0.6) is 0 Å². The summed E-state index contributed by atoms with van der Waals surface area (Å²) in [6.07, 6.45) is 44.2. The lowest BCUT2D eigenvalue weighted by molar-refractivity contribution is -0.379. The minimum Gasteiger partial charge on any atom is -0.394 e. The predicted octanol–water partition coefficient (Wildman–Crippen LogP) is 7.59. The molecule has 3 saturated heterocycles. The van der Waals surface area contributed by atoms with Crippen molar-refractivity contribution in [2.24, 2.45) is 0 Å². The third-order valence-electron chi connectivity index (χ3n) is 15.1. The number of ether oxygens (including phenoxy) is 6. The van der Waals surface area contributed by atoms with Gasteiger partial charge in [-0.2, -0.15) is 0 Å². The van der Waals surface area contributed by atoms with E-state index in [1.54, 1.807) is 12.2 Å².